The highest BCUT2D eigenvalue weighted by Gasteiger charge is 2.23. The molecule has 2 atom stereocenters. The van der Waals surface area contributed by atoms with Gasteiger partial charge in [-0.15, -0.1) is 0 Å². The van der Waals surface area contributed by atoms with Crippen molar-refractivity contribution in [3.8, 4) is 0 Å². The molecule has 1 saturated heterocycles. The van der Waals surface area contributed by atoms with Gasteiger partial charge in [0.25, 0.3) is 0 Å². The molecule has 1 heterocycles. The Kier molecular flexibility index (Phi) is 3.49. The van der Waals surface area contributed by atoms with Gasteiger partial charge in [-0.3, -0.25) is 4.79 Å². The van der Waals surface area contributed by atoms with Crippen LogP contribution in [0, 0.1) is 0 Å². The van der Waals surface area contributed by atoms with Crippen LogP contribution in [0.15, 0.2) is 0 Å². The third-order valence-electron chi connectivity index (χ3n) is 1.79. The van der Waals surface area contributed by atoms with Crippen LogP contribution in [-0.2, 0) is 19.0 Å². The second-order valence-corrected chi connectivity index (χ2v) is 2.79. The van der Waals surface area contributed by atoms with E-state index in [9.17, 15) is 4.79 Å². The van der Waals surface area contributed by atoms with Crippen LogP contribution in [-0.4, -0.2) is 32.1 Å². The zero-order valence-corrected chi connectivity index (χ0v) is 7.41. The Morgan fingerprint density at radius 2 is 2.33 bits per heavy atom. The van der Waals surface area contributed by atoms with E-state index in [0.29, 0.717) is 13.0 Å². The van der Waals surface area contributed by atoms with Crippen LogP contribution in [0.2, 0.25) is 0 Å². The van der Waals surface area contributed by atoms with Crippen LogP contribution >= 0.6 is 0 Å². The summed E-state index contributed by atoms with van der Waals surface area (Å²) in [5, 5.41) is 0. The van der Waals surface area contributed by atoms with Gasteiger partial charge in [0, 0.05) is 26.9 Å². The quantitative estimate of drug-likeness (QED) is 0.578. The van der Waals surface area contributed by atoms with Crippen molar-refractivity contribution in [2.75, 3.05) is 13.7 Å². The number of methoxy groups -OCH3 is 1. The summed E-state index contributed by atoms with van der Waals surface area (Å²) in [6, 6.07) is 0. The lowest BCUT2D eigenvalue weighted by molar-refractivity contribution is -0.185. The number of rotatable bonds is 2. The lowest BCUT2D eigenvalue weighted by Crippen LogP contribution is -2.32. The molecule has 12 heavy (non-hydrogen) atoms. The third kappa shape index (κ3) is 2.79. The third-order valence-corrected chi connectivity index (χ3v) is 1.79. The average molecular weight is 174 g/mol. The normalized spacial score (nSPS) is 29.8. The minimum Gasteiger partial charge on any atom is -0.462 e. The highest BCUT2D eigenvalue weighted by atomic mass is 16.7. The van der Waals surface area contributed by atoms with Gasteiger partial charge in [0.2, 0.25) is 0 Å². The Morgan fingerprint density at radius 1 is 1.58 bits per heavy atom. The summed E-state index contributed by atoms with van der Waals surface area (Å²) in [5.41, 5.74) is 0. The van der Waals surface area contributed by atoms with Gasteiger partial charge in [-0.2, -0.15) is 0 Å². The number of esters is 1. The molecule has 0 radical (unpaired) electrons. The maximum atomic E-state index is 10.6. The van der Waals surface area contributed by atoms with Crippen LogP contribution < -0.4 is 0 Å². The first-order valence-corrected chi connectivity index (χ1v) is 4.04. The minimum absolute atomic E-state index is 0.0406. The van der Waals surface area contributed by atoms with Crippen LogP contribution in [0.25, 0.3) is 0 Å². The van der Waals surface area contributed by atoms with E-state index < -0.39 is 0 Å². The van der Waals surface area contributed by atoms with Gasteiger partial charge in [0.05, 0.1) is 6.61 Å². The molecule has 1 fully saturated rings. The van der Waals surface area contributed by atoms with Gasteiger partial charge in [-0.1, -0.05) is 0 Å². The molecule has 0 aromatic heterocycles. The maximum absolute atomic E-state index is 10.6. The summed E-state index contributed by atoms with van der Waals surface area (Å²) < 4.78 is 15.2. The summed E-state index contributed by atoms with van der Waals surface area (Å²) in [6.07, 6.45) is 1.14. The lowest BCUT2D eigenvalue weighted by atomic mass is 10.1. The fourth-order valence-electron chi connectivity index (χ4n) is 1.24. The van der Waals surface area contributed by atoms with E-state index in [1.54, 1.807) is 7.11 Å². The first kappa shape index (κ1) is 9.48. The molecule has 1 rings (SSSR count). The molecule has 4 heteroatoms. The van der Waals surface area contributed by atoms with Crippen molar-refractivity contribution < 1.29 is 19.0 Å². The molecule has 4 nitrogen and oxygen atoms in total. The Hall–Kier alpha value is -0.610. The average Bonchev–Trinajstić information content (AvgIpc) is 2.03. The predicted molar refractivity (Wildman–Crippen MR) is 41.5 cm³/mol. The molecule has 0 saturated carbocycles. The van der Waals surface area contributed by atoms with Crippen LogP contribution in [0.1, 0.15) is 19.8 Å². The summed E-state index contributed by atoms with van der Waals surface area (Å²) in [6.45, 7) is 2.01. The number of carbonyl (C=O) groups excluding carboxylic acids is 1. The molecule has 0 aromatic rings. The van der Waals surface area contributed by atoms with E-state index in [4.69, 9.17) is 14.2 Å². The monoisotopic (exact) mass is 174 g/mol. The van der Waals surface area contributed by atoms with Crippen LogP contribution in [0.3, 0.4) is 0 Å². The topological polar surface area (TPSA) is 44.8 Å². The van der Waals surface area contributed by atoms with Crippen molar-refractivity contribution in [2.45, 2.75) is 32.2 Å². The lowest BCUT2D eigenvalue weighted by Gasteiger charge is -2.27. The SMILES string of the molecule is CO[C@H]1C[C@@H](OC(C)=O)CCO1. The molecule has 1 aliphatic heterocycles. The van der Waals surface area contributed by atoms with Gasteiger partial charge in [0.15, 0.2) is 6.29 Å². The second-order valence-electron chi connectivity index (χ2n) is 2.79. The molecular weight excluding hydrogens is 160 g/mol. The van der Waals surface area contributed by atoms with Crippen LogP contribution in [0.5, 0.6) is 0 Å². The van der Waals surface area contributed by atoms with Crippen molar-refractivity contribution in [1.82, 2.24) is 0 Å². The smallest absolute Gasteiger partial charge is 0.302 e. The Morgan fingerprint density at radius 3 is 2.92 bits per heavy atom. The van der Waals surface area contributed by atoms with E-state index in [1.165, 1.54) is 6.92 Å². The van der Waals surface area contributed by atoms with E-state index in [1.807, 2.05) is 0 Å². The van der Waals surface area contributed by atoms with Gasteiger partial charge >= 0.3 is 5.97 Å². The molecule has 0 unspecified atom stereocenters. The number of hydrogen-bond acceptors (Lipinski definition) is 4. The van der Waals surface area contributed by atoms with Gasteiger partial charge in [-0.25, -0.2) is 0 Å². The molecule has 0 bridgehead atoms. The zero-order valence-electron chi connectivity index (χ0n) is 7.41. The standard InChI is InChI=1S/C8H14O4/c1-6(9)12-7-3-4-11-8(5-7)10-2/h7-8H,3-5H2,1-2H3/t7-,8+/m0/s1. The summed E-state index contributed by atoms with van der Waals surface area (Å²) in [4.78, 5) is 10.6. The van der Waals surface area contributed by atoms with Crippen molar-refractivity contribution in [1.29, 1.82) is 0 Å². The first-order valence-electron chi connectivity index (χ1n) is 4.04. The molecule has 70 valence electrons. The van der Waals surface area contributed by atoms with E-state index in [0.717, 1.165) is 6.42 Å². The first-order chi connectivity index (χ1) is 5.72. The van der Waals surface area contributed by atoms with Crippen molar-refractivity contribution in [3.63, 3.8) is 0 Å². The van der Waals surface area contributed by atoms with Gasteiger partial charge in [0.1, 0.15) is 6.10 Å². The number of carbonyl (C=O) groups is 1. The molecule has 0 aromatic carbocycles. The van der Waals surface area contributed by atoms with Gasteiger partial charge < -0.3 is 14.2 Å². The Labute approximate surface area is 71.8 Å². The second kappa shape index (κ2) is 4.42. The molecule has 0 spiro atoms. The Bertz CT molecular complexity index is 157. The largest absolute Gasteiger partial charge is 0.462 e. The maximum Gasteiger partial charge on any atom is 0.302 e. The fraction of sp³-hybridized carbons (Fsp3) is 0.875. The van der Waals surface area contributed by atoms with E-state index in [-0.39, 0.29) is 18.4 Å². The highest BCUT2D eigenvalue weighted by Crippen LogP contribution is 2.17. The minimum atomic E-state index is -0.239. The summed E-state index contributed by atoms with van der Waals surface area (Å²) >= 11 is 0. The van der Waals surface area contributed by atoms with Gasteiger partial charge in [-0.05, 0) is 0 Å². The van der Waals surface area contributed by atoms with Crippen molar-refractivity contribution >= 4 is 5.97 Å². The van der Waals surface area contributed by atoms with E-state index >= 15 is 0 Å². The molecule has 0 aliphatic carbocycles. The van der Waals surface area contributed by atoms with Crippen LogP contribution in [0.4, 0.5) is 0 Å². The summed E-state index contributed by atoms with van der Waals surface area (Å²) in [5.74, 6) is -0.239. The highest BCUT2D eigenvalue weighted by molar-refractivity contribution is 5.66. The molecular formula is C8H14O4. The predicted octanol–water partition coefficient (Wildman–Crippen LogP) is 0.701. The van der Waals surface area contributed by atoms with Crippen molar-refractivity contribution in [2.24, 2.45) is 0 Å². The number of hydrogen-bond donors (Lipinski definition) is 0. The molecule has 0 N–H and O–H groups in total. The summed E-state index contributed by atoms with van der Waals surface area (Å²) in [7, 11) is 1.58. The number of ether oxygens (including phenoxy) is 3. The molecule has 1 aliphatic rings. The molecule has 0 amide bonds. The Balaban J connectivity index is 2.30. The fourth-order valence-corrected chi connectivity index (χ4v) is 1.24. The van der Waals surface area contributed by atoms with Crippen molar-refractivity contribution in [3.05, 3.63) is 0 Å². The van der Waals surface area contributed by atoms with E-state index in [2.05, 4.69) is 0 Å². The zero-order chi connectivity index (χ0) is 8.97.